The highest BCUT2D eigenvalue weighted by Gasteiger charge is 2.39. The molecule has 0 atom stereocenters. The average molecular weight is 335 g/mol. The predicted molar refractivity (Wildman–Crippen MR) is 69.1 cm³/mol. The molecular formula is C12H10BrF3N2O. The standard InChI is InChI=1S/C12H10BrF3N2O/c1-19-9-6-8(13)7-17-11(9)18-5-3-2-4-10(18)12(14,15)16/h2-4,6-7H,5H2,1H3. The molecule has 0 amide bonds. The minimum atomic E-state index is -4.44. The van der Waals surface area contributed by atoms with Crippen LogP contribution in [-0.2, 0) is 0 Å². The molecule has 0 bridgehead atoms. The maximum absolute atomic E-state index is 13.0. The van der Waals surface area contributed by atoms with Gasteiger partial charge >= 0.3 is 6.18 Å². The van der Waals surface area contributed by atoms with Crippen molar-refractivity contribution in [2.24, 2.45) is 0 Å². The van der Waals surface area contributed by atoms with Gasteiger partial charge in [-0.2, -0.15) is 13.2 Å². The number of pyridine rings is 1. The van der Waals surface area contributed by atoms with Crippen molar-refractivity contribution in [3.8, 4) is 5.75 Å². The smallest absolute Gasteiger partial charge is 0.431 e. The number of anilines is 1. The van der Waals surface area contributed by atoms with Crippen LogP contribution in [0.15, 0.2) is 40.7 Å². The van der Waals surface area contributed by atoms with E-state index in [2.05, 4.69) is 20.9 Å². The third-order valence-corrected chi connectivity index (χ3v) is 2.97. The Kier molecular flexibility index (Phi) is 3.84. The van der Waals surface area contributed by atoms with E-state index in [1.807, 2.05) is 0 Å². The van der Waals surface area contributed by atoms with E-state index >= 15 is 0 Å². The van der Waals surface area contributed by atoms with Crippen molar-refractivity contribution in [2.45, 2.75) is 6.18 Å². The quantitative estimate of drug-likeness (QED) is 0.825. The van der Waals surface area contributed by atoms with E-state index < -0.39 is 11.9 Å². The molecule has 1 aliphatic heterocycles. The van der Waals surface area contributed by atoms with Gasteiger partial charge in [0.1, 0.15) is 5.70 Å². The fraction of sp³-hybridized carbons (Fsp3) is 0.250. The molecular weight excluding hydrogens is 325 g/mol. The molecule has 102 valence electrons. The van der Waals surface area contributed by atoms with Gasteiger partial charge in [-0.25, -0.2) is 4.98 Å². The van der Waals surface area contributed by atoms with Crippen LogP contribution in [0.2, 0.25) is 0 Å². The van der Waals surface area contributed by atoms with Crippen LogP contribution in [-0.4, -0.2) is 24.8 Å². The molecule has 1 aromatic rings. The van der Waals surface area contributed by atoms with E-state index in [1.165, 1.54) is 19.4 Å². The molecule has 0 unspecified atom stereocenters. The molecule has 0 radical (unpaired) electrons. The third-order valence-electron chi connectivity index (χ3n) is 2.53. The Hall–Kier alpha value is -1.50. The minimum Gasteiger partial charge on any atom is -0.493 e. The van der Waals surface area contributed by atoms with Gasteiger partial charge < -0.3 is 9.64 Å². The topological polar surface area (TPSA) is 25.4 Å². The van der Waals surface area contributed by atoms with Gasteiger partial charge in [0.15, 0.2) is 11.6 Å². The van der Waals surface area contributed by atoms with E-state index in [9.17, 15) is 13.2 Å². The third kappa shape index (κ3) is 2.91. The molecule has 0 spiro atoms. The highest BCUT2D eigenvalue weighted by atomic mass is 79.9. The molecule has 0 aliphatic carbocycles. The van der Waals surface area contributed by atoms with Gasteiger partial charge in [-0.05, 0) is 28.1 Å². The number of allylic oxidation sites excluding steroid dienone is 3. The summed E-state index contributed by atoms with van der Waals surface area (Å²) in [6.07, 6.45) is 1.02. The van der Waals surface area contributed by atoms with Crippen molar-refractivity contribution in [3.63, 3.8) is 0 Å². The van der Waals surface area contributed by atoms with Crippen molar-refractivity contribution in [3.05, 3.63) is 40.7 Å². The fourth-order valence-corrected chi connectivity index (χ4v) is 2.04. The lowest BCUT2D eigenvalue weighted by Gasteiger charge is -2.29. The van der Waals surface area contributed by atoms with Crippen molar-refractivity contribution in [1.82, 2.24) is 4.98 Å². The number of aromatic nitrogens is 1. The molecule has 2 heterocycles. The number of nitrogens with zero attached hydrogens (tertiary/aromatic N) is 2. The van der Waals surface area contributed by atoms with Crippen LogP contribution in [0.1, 0.15) is 0 Å². The second kappa shape index (κ2) is 5.24. The summed E-state index contributed by atoms with van der Waals surface area (Å²) in [5, 5.41) is 0. The van der Waals surface area contributed by atoms with Crippen LogP contribution in [0.25, 0.3) is 0 Å². The van der Waals surface area contributed by atoms with Crippen LogP contribution in [0.4, 0.5) is 19.0 Å². The Balaban J connectivity index is 2.46. The van der Waals surface area contributed by atoms with Gasteiger partial charge in [-0.15, -0.1) is 0 Å². The van der Waals surface area contributed by atoms with Crippen LogP contribution >= 0.6 is 15.9 Å². The molecule has 1 aliphatic rings. The molecule has 0 saturated carbocycles. The second-order valence-electron chi connectivity index (χ2n) is 3.77. The maximum atomic E-state index is 13.0. The largest absolute Gasteiger partial charge is 0.493 e. The van der Waals surface area contributed by atoms with Gasteiger partial charge in [0, 0.05) is 17.2 Å². The molecule has 0 saturated heterocycles. The number of rotatable bonds is 2. The summed E-state index contributed by atoms with van der Waals surface area (Å²) in [5.74, 6) is 0.415. The Bertz CT molecular complexity index is 540. The molecule has 19 heavy (non-hydrogen) atoms. The summed E-state index contributed by atoms with van der Waals surface area (Å²) in [6.45, 7) is 0.0936. The normalized spacial score (nSPS) is 15.4. The zero-order valence-corrected chi connectivity index (χ0v) is 11.5. The number of methoxy groups -OCH3 is 1. The monoisotopic (exact) mass is 334 g/mol. The highest BCUT2D eigenvalue weighted by molar-refractivity contribution is 9.10. The Morgan fingerprint density at radius 2 is 2.16 bits per heavy atom. The van der Waals surface area contributed by atoms with Crippen LogP contribution in [0, 0.1) is 0 Å². The van der Waals surface area contributed by atoms with Crippen LogP contribution in [0.5, 0.6) is 5.75 Å². The lowest BCUT2D eigenvalue weighted by atomic mass is 10.2. The van der Waals surface area contributed by atoms with Crippen molar-refractivity contribution in [1.29, 1.82) is 0 Å². The maximum Gasteiger partial charge on any atom is 0.431 e. The van der Waals surface area contributed by atoms with Gasteiger partial charge in [-0.1, -0.05) is 12.2 Å². The molecule has 2 rings (SSSR count). The molecule has 0 aromatic carbocycles. The Morgan fingerprint density at radius 1 is 1.42 bits per heavy atom. The van der Waals surface area contributed by atoms with Crippen molar-refractivity contribution >= 4 is 21.7 Å². The van der Waals surface area contributed by atoms with E-state index in [0.717, 1.165) is 11.0 Å². The number of halogens is 4. The second-order valence-corrected chi connectivity index (χ2v) is 4.68. The first-order valence-corrected chi connectivity index (χ1v) is 6.14. The first kappa shape index (κ1) is 13.9. The van der Waals surface area contributed by atoms with Gasteiger partial charge in [-0.3, -0.25) is 0 Å². The van der Waals surface area contributed by atoms with Gasteiger partial charge in [0.25, 0.3) is 0 Å². The van der Waals surface area contributed by atoms with Gasteiger partial charge in [0.05, 0.1) is 7.11 Å². The minimum absolute atomic E-state index is 0.0936. The molecule has 7 heteroatoms. The number of alkyl halides is 3. The fourth-order valence-electron chi connectivity index (χ4n) is 1.73. The SMILES string of the molecule is COc1cc(Br)cnc1N1CC=CC=C1C(F)(F)F. The summed E-state index contributed by atoms with van der Waals surface area (Å²) in [7, 11) is 1.39. The summed E-state index contributed by atoms with van der Waals surface area (Å²) in [4.78, 5) is 5.09. The summed E-state index contributed by atoms with van der Waals surface area (Å²) >= 11 is 3.20. The molecule has 1 aromatic heterocycles. The number of hydrogen-bond donors (Lipinski definition) is 0. The highest BCUT2D eigenvalue weighted by Crippen LogP contribution is 2.37. The van der Waals surface area contributed by atoms with Crippen molar-refractivity contribution < 1.29 is 17.9 Å². The first-order valence-electron chi connectivity index (χ1n) is 5.34. The van der Waals surface area contributed by atoms with E-state index in [-0.39, 0.29) is 18.1 Å². The molecule has 0 fully saturated rings. The summed E-state index contributed by atoms with van der Waals surface area (Å²) in [6, 6.07) is 1.58. The summed E-state index contributed by atoms with van der Waals surface area (Å²) in [5.41, 5.74) is -0.761. The number of ether oxygens (including phenoxy) is 1. The molecule has 0 N–H and O–H groups in total. The molecule has 3 nitrogen and oxygen atoms in total. The lowest BCUT2D eigenvalue weighted by molar-refractivity contribution is -0.0934. The first-order chi connectivity index (χ1) is 8.93. The van der Waals surface area contributed by atoms with E-state index in [4.69, 9.17) is 4.74 Å². The predicted octanol–water partition coefficient (Wildman–Crippen LogP) is 3.68. The van der Waals surface area contributed by atoms with Gasteiger partial charge in [0.2, 0.25) is 0 Å². The lowest BCUT2D eigenvalue weighted by Crippen LogP contribution is -2.34. The number of hydrogen-bond acceptors (Lipinski definition) is 3. The van der Waals surface area contributed by atoms with E-state index in [1.54, 1.807) is 12.1 Å². The Labute approximate surface area is 116 Å². The van der Waals surface area contributed by atoms with E-state index in [0.29, 0.717) is 4.47 Å². The zero-order valence-electron chi connectivity index (χ0n) is 9.91. The average Bonchev–Trinajstić information content (AvgIpc) is 2.37. The van der Waals surface area contributed by atoms with Crippen LogP contribution < -0.4 is 9.64 Å². The van der Waals surface area contributed by atoms with Crippen LogP contribution in [0.3, 0.4) is 0 Å². The summed E-state index contributed by atoms with van der Waals surface area (Å²) < 4.78 is 44.6. The Morgan fingerprint density at radius 3 is 2.79 bits per heavy atom. The zero-order chi connectivity index (χ0) is 14.0. The van der Waals surface area contributed by atoms with Crippen molar-refractivity contribution in [2.75, 3.05) is 18.6 Å².